The van der Waals surface area contributed by atoms with Gasteiger partial charge in [-0.05, 0) is 40.5 Å². The molecule has 0 aliphatic rings. The van der Waals surface area contributed by atoms with Crippen molar-refractivity contribution in [3.63, 3.8) is 0 Å². The molecular formula is C13H15BrN4. The lowest BCUT2D eigenvalue weighted by Gasteiger charge is -2.25. The molecule has 5 heteroatoms. The summed E-state index contributed by atoms with van der Waals surface area (Å²) in [5.74, 6) is 0.688. The standard InChI is InChI=1S/C13H15BrN4/c1-9(10-4-3-5-12(15)6-10)18(2)13-16-7-11(14)8-17-13/h3-9H,15H2,1-2H3. The second kappa shape index (κ2) is 5.35. The molecule has 1 atom stereocenters. The second-order valence-corrected chi connectivity index (χ2v) is 5.07. The maximum Gasteiger partial charge on any atom is 0.225 e. The summed E-state index contributed by atoms with van der Waals surface area (Å²) in [5, 5.41) is 0. The third-order valence-corrected chi connectivity index (χ3v) is 3.31. The van der Waals surface area contributed by atoms with Crippen molar-refractivity contribution >= 4 is 27.6 Å². The highest BCUT2D eigenvalue weighted by molar-refractivity contribution is 9.10. The fourth-order valence-electron chi connectivity index (χ4n) is 1.70. The predicted molar refractivity (Wildman–Crippen MR) is 77.4 cm³/mol. The molecule has 1 aromatic heterocycles. The number of nitrogen functional groups attached to an aromatic ring is 1. The van der Waals surface area contributed by atoms with Gasteiger partial charge in [0.25, 0.3) is 0 Å². The normalized spacial score (nSPS) is 12.2. The summed E-state index contributed by atoms with van der Waals surface area (Å²) in [7, 11) is 1.97. The highest BCUT2D eigenvalue weighted by Crippen LogP contribution is 2.23. The average Bonchev–Trinajstić information content (AvgIpc) is 2.38. The van der Waals surface area contributed by atoms with Gasteiger partial charge in [0.05, 0.1) is 10.5 Å². The molecule has 0 fully saturated rings. The van der Waals surface area contributed by atoms with Gasteiger partial charge < -0.3 is 10.6 Å². The van der Waals surface area contributed by atoms with E-state index in [1.54, 1.807) is 12.4 Å². The van der Waals surface area contributed by atoms with Crippen LogP contribution in [0.2, 0.25) is 0 Å². The number of benzene rings is 1. The first kappa shape index (κ1) is 12.8. The lowest BCUT2D eigenvalue weighted by Crippen LogP contribution is -2.23. The quantitative estimate of drug-likeness (QED) is 0.886. The van der Waals surface area contributed by atoms with Crippen LogP contribution in [0.5, 0.6) is 0 Å². The molecule has 2 rings (SSSR count). The Balaban J connectivity index is 2.23. The highest BCUT2D eigenvalue weighted by Gasteiger charge is 2.14. The minimum absolute atomic E-state index is 0.162. The predicted octanol–water partition coefficient (Wildman–Crippen LogP) is 3.02. The average molecular weight is 307 g/mol. The SMILES string of the molecule is CC(c1cccc(N)c1)N(C)c1ncc(Br)cn1. The van der Waals surface area contributed by atoms with Crippen molar-refractivity contribution in [2.45, 2.75) is 13.0 Å². The molecule has 0 radical (unpaired) electrons. The molecule has 0 bridgehead atoms. The summed E-state index contributed by atoms with van der Waals surface area (Å²) in [6.45, 7) is 2.10. The highest BCUT2D eigenvalue weighted by atomic mass is 79.9. The van der Waals surface area contributed by atoms with Crippen LogP contribution in [0.25, 0.3) is 0 Å². The van der Waals surface area contributed by atoms with E-state index < -0.39 is 0 Å². The zero-order valence-electron chi connectivity index (χ0n) is 10.3. The van der Waals surface area contributed by atoms with Crippen molar-refractivity contribution in [1.29, 1.82) is 0 Å². The van der Waals surface area contributed by atoms with Crippen molar-refractivity contribution in [1.82, 2.24) is 9.97 Å². The first-order valence-electron chi connectivity index (χ1n) is 5.64. The first-order chi connectivity index (χ1) is 8.58. The third-order valence-electron chi connectivity index (χ3n) is 2.90. The summed E-state index contributed by atoms with van der Waals surface area (Å²) in [6, 6.07) is 8.02. The van der Waals surface area contributed by atoms with E-state index in [4.69, 9.17) is 5.73 Å². The van der Waals surface area contributed by atoms with Crippen molar-refractivity contribution in [3.05, 3.63) is 46.7 Å². The van der Waals surface area contributed by atoms with Gasteiger partial charge in [-0.1, -0.05) is 12.1 Å². The number of aromatic nitrogens is 2. The monoisotopic (exact) mass is 306 g/mol. The Kier molecular flexibility index (Phi) is 3.81. The maximum atomic E-state index is 5.80. The van der Waals surface area contributed by atoms with E-state index >= 15 is 0 Å². The molecular weight excluding hydrogens is 292 g/mol. The number of nitrogens with two attached hydrogens (primary N) is 1. The van der Waals surface area contributed by atoms with E-state index in [2.05, 4.69) is 38.9 Å². The van der Waals surface area contributed by atoms with Crippen LogP contribution in [-0.2, 0) is 0 Å². The number of hydrogen-bond donors (Lipinski definition) is 1. The molecule has 1 heterocycles. The lowest BCUT2D eigenvalue weighted by atomic mass is 10.1. The number of nitrogens with zero attached hydrogens (tertiary/aromatic N) is 3. The topological polar surface area (TPSA) is 55.0 Å². The zero-order chi connectivity index (χ0) is 13.1. The van der Waals surface area contributed by atoms with E-state index in [0.29, 0.717) is 5.95 Å². The van der Waals surface area contributed by atoms with E-state index in [0.717, 1.165) is 15.7 Å². The molecule has 4 nitrogen and oxygen atoms in total. The van der Waals surface area contributed by atoms with Gasteiger partial charge in [0, 0.05) is 25.1 Å². The number of hydrogen-bond acceptors (Lipinski definition) is 4. The van der Waals surface area contributed by atoms with Crippen molar-refractivity contribution in [3.8, 4) is 0 Å². The van der Waals surface area contributed by atoms with Crippen molar-refractivity contribution in [2.24, 2.45) is 0 Å². The van der Waals surface area contributed by atoms with Crippen LogP contribution in [0, 0.1) is 0 Å². The van der Waals surface area contributed by atoms with Crippen molar-refractivity contribution in [2.75, 3.05) is 17.7 Å². The largest absolute Gasteiger partial charge is 0.399 e. The number of halogens is 1. The van der Waals surface area contributed by atoms with Crippen LogP contribution in [0.4, 0.5) is 11.6 Å². The van der Waals surface area contributed by atoms with Gasteiger partial charge in [0.2, 0.25) is 5.95 Å². The van der Waals surface area contributed by atoms with Gasteiger partial charge in [0.1, 0.15) is 0 Å². The van der Waals surface area contributed by atoms with Gasteiger partial charge in [-0.2, -0.15) is 0 Å². The van der Waals surface area contributed by atoms with Crippen LogP contribution in [0.3, 0.4) is 0 Å². The summed E-state index contributed by atoms with van der Waals surface area (Å²) in [4.78, 5) is 10.6. The van der Waals surface area contributed by atoms with Crippen LogP contribution >= 0.6 is 15.9 Å². The molecule has 0 aliphatic heterocycles. The van der Waals surface area contributed by atoms with E-state index in [9.17, 15) is 0 Å². The van der Waals surface area contributed by atoms with Crippen molar-refractivity contribution < 1.29 is 0 Å². The molecule has 0 aliphatic carbocycles. The zero-order valence-corrected chi connectivity index (χ0v) is 11.9. The van der Waals surface area contributed by atoms with Crippen LogP contribution in [0.1, 0.15) is 18.5 Å². The minimum atomic E-state index is 0.162. The fourth-order valence-corrected chi connectivity index (χ4v) is 1.91. The van der Waals surface area contributed by atoms with Gasteiger partial charge in [-0.3, -0.25) is 0 Å². The fraction of sp³-hybridized carbons (Fsp3) is 0.231. The first-order valence-corrected chi connectivity index (χ1v) is 6.43. The minimum Gasteiger partial charge on any atom is -0.399 e. The Morgan fingerprint density at radius 3 is 2.56 bits per heavy atom. The Bertz CT molecular complexity index is 527. The molecule has 1 unspecified atom stereocenters. The molecule has 1 aromatic carbocycles. The Labute approximate surface area is 115 Å². The summed E-state index contributed by atoms with van der Waals surface area (Å²) in [6.07, 6.45) is 3.48. The van der Waals surface area contributed by atoms with Gasteiger partial charge in [0.15, 0.2) is 0 Å². The number of rotatable bonds is 3. The molecule has 0 saturated heterocycles. The Hall–Kier alpha value is -1.62. The van der Waals surface area contributed by atoms with Crippen LogP contribution < -0.4 is 10.6 Å². The smallest absolute Gasteiger partial charge is 0.225 e. The summed E-state index contributed by atoms with van der Waals surface area (Å²) < 4.78 is 0.872. The van der Waals surface area contributed by atoms with E-state index in [-0.39, 0.29) is 6.04 Å². The van der Waals surface area contributed by atoms with E-state index in [1.165, 1.54) is 0 Å². The molecule has 18 heavy (non-hydrogen) atoms. The Morgan fingerprint density at radius 2 is 1.94 bits per heavy atom. The molecule has 2 N–H and O–H groups in total. The van der Waals surface area contributed by atoms with Gasteiger partial charge >= 0.3 is 0 Å². The van der Waals surface area contributed by atoms with Gasteiger partial charge in [-0.25, -0.2) is 9.97 Å². The summed E-state index contributed by atoms with van der Waals surface area (Å²) in [5.41, 5.74) is 7.71. The Morgan fingerprint density at radius 1 is 1.28 bits per heavy atom. The maximum absolute atomic E-state index is 5.80. The van der Waals surface area contributed by atoms with E-state index in [1.807, 2.05) is 30.1 Å². The molecule has 0 amide bonds. The molecule has 0 spiro atoms. The second-order valence-electron chi connectivity index (χ2n) is 4.16. The number of anilines is 2. The molecule has 2 aromatic rings. The van der Waals surface area contributed by atoms with Crippen LogP contribution in [-0.4, -0.2) is 17.0 Å². The molecule has 94 valence electrons. The van der Waals surface area contributed by atoms with Crippen LogP contribution in [0.15, 0.2) is 41.1 Å². The molecule has 0 saturated carbocycles. The van der Waals surface area contributed by atoms with Gasteiger partial charge in [-0.15, -0.1) is 0 Å². The lowest BCUT2D eigenvalue weighted by molar-refractivity contribution is 0.715. The third kappa shape index (κ3) is 2.79. The summed E-state index contributed by atoms with van der Waals surface area (Å²) >= 11 is 3.33.